The van der Waals surface area contributed by atoms with E-state index >= 15 is 0 Å². The first kappa shape index (κ1) is 17.3. The van der Waals surface area contributed by atoms with Gasteiger partial charge < -0.3 is 4.90 Å². The Morgan fingerprint density at radius 1 is 0.962 bits per heavy atom. The maximum atomic E-state index is 12.4. The molecule has 1 heterocycles. The fraction of sp³-hybridized carbons (Fsp3) is 0.435. The Balaban J connectivity index is 1.60. The Morgan fingerprint density at radius 3 is 2.31 bits per heavy atom. The molecule has 26 heavy (non-hydrogen) atoms. The highest BCUT2D eigenvalue weighted by atomic mass is 16.2. The van der Waals surface area contributed by atoms with E-state index in [1.807, 2.05) is 0 Å². The number of hydrogen-bond acceptors (Lipinski definition) is 2. The first-order valence-electron chi connectivity index (χ1n) is 9.78. The third kappa shape index (κ3) is 3.54. The van der Waals surface area contributed by atoms with E-state index < -0.39 is 0 Å². The second-order valence-electron chi connectivity index (χ2n) is 7.81. The zero-order chi connectivity index (χ0) is 18.1. The molecule has 3 heteroatoms. The molecular formula is C23H28N2O. The molecule has 1 aliphatic carbocycles. The van der Waals surface area contributed by atoms with Gasteiger partial charge in [-0.15, -0.1) is 0 Å². The Bertz CT molecular complexity index is 774. The van der Waals surface area contributed by atoms with Gasteiger partial charge in [0, 0.05) is 32.1 Å². The van der Waals surface area contributed by atoms with Crippen molar-refractivity contribution in [3.05, 3.63) is 70.8 Å². The van der Waals surface area contributed by atoms with Crippen LogP contribution in [0.1, 0.15) is 41.1 Å². The van der Waals surface area contributed by atoms with Gasteiger partial charge in [0.25, 0.3) is 0 Å². The molecule has 2 aromatic carbocycles. The molecule has 2 fully saturated rings. The summed E-state index contributed by atoms with van der Waals surface area (Å²) in [5, 5.41) is 0. The molecule has 0 aromatic heterocycles. The van der Waals surface area contributed by atoms with Crippen molar-refractivity contribution in [1.29, 1.82) is 0 Å². The highest BCUT2D eigenvalue weighted by molar-refractivity contribution is 5.81. The molecule has 1 saturated carbocycles. The van der Waals surface area contributed by atoms with E-state index in [1.54, 1.807) is 0 Å². The van der Waals surface area contributed by atoms with Gasteiger partial charge in [0.15, 0.2) is 0 Å². The van der Waals surface area contributed by atoms with Crippen LogP contribution in [0, 0.1) is 19.8 Å². The number of benzene rings is 2. The summed E-state index contributed by atoms with van der Waals surface area (Å²) >= 11 is 0. The monoisotopic (exact) mass is 348 g/mol. The summed E-state index contributed by atoms with van der Waals surface area (Å²) in [6, 6.07) is 17.8. The molecule has 0 bridgehead atoms. The average molecular weight is 348 g/mol. The molecule has 2 aliphatic rings. The first-order valence-corrected chi connectivity index (χ1v) is 9.78. The molecule has 1 amide bonds. The second kappa shape index (κ2) is 7.24. The lowest BCUT2D eigenvalue weighted by Gasteiger charge is -2.40. The quantitative estimate of drug-likeness (QED) is 0.835. The summed E-state index contributed by atoms with van der Waals surface area (Å²) in [4.78, 5) is 17.0. The molecule has 0 radical (unpaired) electrons. The molecule has 1 atom stereocenters. The van der Waals surface area contributed by atoms with Gasteiger partial charge in [-0.05, 0) is 43.4 Å². The zero-order valence-corrected chi connectivity index (χ0v) is 15.8. The van der Waals surface area contributed by atoms with Gasteiger partial charge in [0.2, 0.25) is 5.91 Å². The van der Waals surface area contributed by atoms with Crippen molar-refractivity contribution >= 4 is 5.91 Å². The number of amides is 1. The lowest BCUT2D eigenvalue weighted by Crippen LogP contribution is -2.50. The number of nitrogens with zero attached hydrogens (tertiary/aromatic N) is 2. The first-order chi connectivity index (χ1) is 12.6. The van der Waals surface area contributed by atoms with Crippen molar-refractivity contribution < 1.29 is 4.79 Å². The largest absolute Gasteiger partial charge is 0.340 e. The SMILES string of the molecule is Cc1ccc(C)c([C@@H](c2ccccc2)N2CCN(C(=O)C3CC3)CC2)c1. The summed E-state index contributed by atoms with van der Waals surface area (Å²) in [6.45, 7) is 7.94. The van der Waals surface area contributed by atoms with Gasteiger partial charge in [-0.3, -0.25) is 9.69 Å². The minimum Gasteiger partial charge on any atom is -0.340 e. The number of piperazine rings is 1. The Morgan fingerprint density at radius 2 is 1.65 bits per heavy atom. The van der Waals surface area contributed by atoms with E-state index in [4.69, 9.17) is 0 Å². The average Bonchev–Trinajstić information content (AvgIpc) is 3.51. The van der Waals surface area contributed by atoms with Gasteiger partial charge in [-0.25, -0.2) is 0 Å². The molecule has 1 aliphatic heterocycles. The molecule has 3 nitrogen and oxygen atoms in total. The highest BCUT2D eigenvalue weighted by Gasteiger charge is 2.36. The molecule has 0 unspecified atom stereocenters. The van der Waals surface area contributed by atoms with Crippen molar-refractivity contribution in [2.45, 2.75) is 32.7 Å². The zero-order valence-electron chi connectivity index (χ0n) is 15.8. The lowest BCUT2D eigenvalue weighted by atomic mass is 9.92. The Kier molecular flexibility index (Phi) is 4.82. The van der Waals surface area contributed by atoms with Crippen LogP contribution >= 0.6 is 0 Å². The van der Waals surface area contributed by atoms with Crippen LogP contribution in [0.15, 0.2) is 48.5 Å². The van der Waals surface area contributed by atoms with E-state index in [0.717, 1.165) is 39.0 Å². The van der Waals surface area contributed by atoms with E-state index in [2.05, 4.69) is 72.2 Å². The third-order valence-electron chi connectivity index (χ3n) is 5.76. The summed E-state index contributed by atoms with van der Waals surface area (Å²) in [6.07, 6.45) is 2.18. The predicted molar refractivity (Wildman–Crippen MR) is 105 cm³/mol. The third-order valence-corrected chi connectivity index (χ3v) is 5.76. The van der Waals surface area contributed by atoms with E-state index in [0.29, 0.717) is 11.8 Å². The van der Waals surface area contributed by atoms with Crippen LogP contribution in [0.4, 0.5) is 0 Å². The summed E-state index contributed by atoms with van der Waals surface area (Å²) in [5.41, 5.74) is 5.36. The van der Waals surface area contributed by atoms with Crippen molar-refractivity contribution in [3.8, 4) is 0 Å². The van der Waals surface area contributed by atoms with Gasteiger partial charge in [-0.1, -0.05) is 54.1 Å². The highest BCUT2D eigenvalue weighted by Crippen LogP contribution is 2.34. The fourth-order valence-corrected chi connectivity index (χ4v) is 4.07. The van der Waals surface area contributed by atoms with Crippen LogP contribution in [0.3, 0.4) is 0 Å². The Labute approximate surface area is 156 Å². The van der Waals surface area contributed by atoms with Crippen LogP contribution in [-0.2, 0) is 4.79 Å². The minimum atomic E-state index is 0.259. The van der Waals surface area contributed by atoms with Crippen LogP contribution in [0.2, 0.25) is 0 Å². The molecule has 2 aromatic rings. The molecule has 136 valence electrons. The van der Waals surface area contributed by atoms with Gasteiger partial charge >= 0.3 is 0 Å². The second-order valence-corrected chi connectivity index (χ2v) is 7.81. The fourth-order valence-electron chi connectivity index (χ4n) is 4.07. The Hall–Kier alpha value is -2.13. The van der Waals surface area contributed by atoms with Crippen LogP contribution in [0.25, 0.3) is 0 Å². The van der Waals surface area contributed by atoms with E-state index in [-0.39, 0.29) is 6.04 Å². The van der Waals surface area contributed by atoms with Crippen molar-refractivity contribution in [2.75, 3.05) is 26.2 Å². The van der Waals surface area contributed by atoms with Crippen LogP contribution in [-0.4, -0.2) is 41.9 Å². The molecule has 4 rings (SSSR count). The lowest BCUT2D eigenvalue weighted by molar-refractivity contribution is -0.134. The molecule has 0 spiro atoms. The number of hydrogen-bond donors (Lipinski definition) is 0. The number of aryl methyl sites for hydroxylation is 2. The summed E-state index contributed by atoms with van der Waals surface area (Å²) in [5.74, 6) is 0.707. The molecular weight excluding hydrogens is 320 g/mol. The normalized spacial score (nSPS) is 19.4. The van der Waals surface area contributed by atoms with E-state index in [9.17, 15) is 4.79 Å². The van der Waals surface area contributed by atoms with Gasteiger partial charge in [0.05, 0.1) is 6.04 Å². The molecule has 1 saturated heterocycles. The van der Waals surface area contributed by atoms with Gasteiger partial charge in [-0.2, -0.15) is 0 Å². The summed E-state index contributed by atoms with van der Waals surface area (Å²) < 4.78 is 0. The minimum absolute atomic E-state index is 0.259. The summed E-state index contributed by atoms with van der Waals surface area (Å²) in [7, 11) is 0. The van der Waals surface area contributed by atoms with Crippen LogP contribution < -0.4 is 0 Å². The van der Waals surface area contributed by atoms with Gasteiger partial charge in [0.1, 0.15) is 0 Å². The van der Waals surface area contributed by atoms with Crippen LogP contribution in [0.5, 0.6) is 0 Å². The van der Waals surface area contributed by atoms with Crippen molar-refractivity contribution in [1.82, 2.24) is 9.80 Å². The number of carbonyl (C=O) groups is 1. The maximum Gasteiger partial charge on any atom is 0.225 e. The van der Waals surface area contributed by atoms with Crippen molar-refractivity contribution in [3.63, 3.8) is 0 Å². The number of rotatable bonds is 4. The maximum absolute atomic E-state index is 12.4. The molecule has 0 N–H and O–H groups in total. The van der Waals surface area contributed by atoms with E-state index in [1.165, 1.54) is 22.3 Å². The number of carbonyl (C=O) groups excluding carboxylic acids is 1. The smallest absolute Gasteiger partial charge is 0.225 e. The van der Waals surface area contributed by atoms with Crippen molar-refractivity contribution in [2.24, 2.45) is 5.92 Å². The predicted octanol–water partition coefficient (Wildman–Crippen LogP) is 3.95. The topological polar surface area (TPSA) is 23.6 Å². The standard InChI is InChI=1S/C23H28N2O/c1-17-8-9-18(2)21(16-17)22(19-6-4-3-5-7-19)24-12-14-25(15-13-24)23(26)20-10-11-20/h3-9,16,20,22H,10-15H2,1-2H3/t22-/m1/s1.